The van der Waals surface area contributed by atoms with E-state index in [1.165, 1.54) is 84.0 Å². The van der Waals surface area contributed by atoms with Crippen LogP contribution in [0.15, 0.2) is 109 Å². The molecule has 0 spiro atoms. The number of fused-ring (bicyclic) bond motifs is 1. The first kappa shape index (κ1) is 42.7. The summed E-state index contributed by atoms with van der Waals surface area (Å²) in [5.74, 6) is -0.853. The van der Waals surface area contributed by atoms with Gasteiger partial charge in [0.15, 0.2) is 0 Å². The van der Waals surface area contributed by atoms with E-state index in [1.807, 2.05) is 0 Å². The topological polar surface area (TPSA) is 149 Å². The van der Waals surface area contributed by atoms with Gasteiger partial charge in [0, 0.05) is 0 Å². The summed E-state index contributed by atoms with van der Waals surface area (Å²) in [7, 11) is 0. The molecular formula is C44H52O8. The average Bonchev–Trinajstić information content (AvgIpc) is 3.88. The zero-order valence-corrected chi connectivity index (χ0v) is 31.2. The fraction of sp³-hybridized carbons (Fsp3) is 0.318. The fourth-order valence-electron chi connectivity index (χ4n) is 5.22. The number of carbonyl (C=O) groups is 4. The van der Waals surface area contributed by atoms with Crippen LogP contribution in [0.2, 0.25) is 0 Å². The van der Waals surface area contributed by atoms with Crippen molar-refractivity contribution in [2.75, 3.05) is 0 Å². The Morgan fingerprint density at radius 1 is 0.519 bits per heavy atom. The second kappa shape index (κ2) is 21.0. The quantitative estimate of drug-likeness (QED) is 0.145. The van der Waals surface area contributed by atoms with Gasteiger partial charge < -0.3 is 20.4 Å². The van der Waals surface area contributed by atoms with Crippen LogP contribution >= 0.6 is 0 Å². The van der Waals surface area contributed by atoms with Gasteiger partial charge in [-0.3, -0.25) is 0 Å². The van der Waals surface area contributed by atoms with Gasteiger partial charge in [0.1, 0.15) is 0 Å². The Hall–Kier alpha value is -5.50. The summed E-state index contributed by atoms with van der Waals surface area (Å²) in [6, 6.07) is 27.6. The highest BCUT2D eigenvalue weighted by Crippen LogP contribution is 2.48. The highest BCUT2D eigenvalue weighted by Gasteiger charge is 2.37. The number of hydrogen-bond donors (Lipinski definition) is 4. The van der Waals surface area contributed by atoms with Crippen molar-refractivity contribution in [2.24, 2.45) is 11.8 Å². The SMILES string of the molecule is CC1=CCC2CC2C1.Cc1ccc(C(C)C)cc1.Cc1cccc(C(C)C)c1.O=C(O)c1ccc(C(=O)O)cc1.O=C(O)c1cccc(C(=O)O)c1. The lowest BCUT2D eigenvalue weighted by Crippen LogP contribution is -2.01. The maximum absolute atomic E-state index is 10.4. The third kappa shape index (κ3) is 15.6. The predicted octanol–water partition coefficient (Wildman–Crippen LogP) is 10.8. The van der Waals surface area contributed by atoms with Gasteiger partial charge >= 0.3 is 23.9 Å². The van der Waals surface area contributed by atoms with Crippen molar-refractivity contribution in [3.8, 4) is 0 Å². The molecule has 2 atom stereocenters. The number of carboxylic acids is 4. The number of benzene rings is 4. The second-order valence-corrected chi connectivity index (χ2v) is 13.8. The molecule has 8 heteroatoms. The smallest absolute Gasteiger partial charge is 0.335 e. The second-order valence-electron chi connectivity index (χ2n) is 13.8. The van der Waals surface area contributed by atoms with Crippen molar-refractivity contribution < 1.29 is 39.6 Å². The van der Waals surface area contributed by atoms with E-state index in [0.29, 0.717) is 11.8 Å². The van der Waals surface area contributed by atoms with E-state index in [0.717, 1.165) is 17.9 Å². The lowest BCUT2D eigenvalue weighted by atomic mass is 10.0. The van der Waals surface area contributed by atoms with Gasteiger partial charge in [-0.15, -0.1) is 0 Å². The summed E-state index contributed by atoms with van der Waals surface area (Å²) < 4.78 is 0. The van der Waals surface area contributed by atoms with Gasteiger partial charge in [-0.1, -0.05) is 105 Å². The van der Waals surface area contributed by atoms with Crippen LogP contribution in [-0.2, 0) is 0 Å². The number of hydrogen-bond acceptors (Lipinski definition) is 4. The van der Waals surface area contributed by atoms with Crippen LogP contribution in [0.25, 0.3) is 0 Å². The molecule has 6 rings (SSSR count). The third-order valence-corrected chi connectivity index (χ3v) is 8.61. The van der Waals surface area contributed by atoms with E-state index < -0.39 is 23.9 Å². The lowest BCUT2D eigenvalue weighted by molar-refractivity contribution is 0.0681. The van der Waals surface area contributed by atoms with Crippen molar-refractivity contribution in [2.45, 2.75) is 79.6 Å². The summed E-state index contributed by atoms with van der Waals surface area (Å²) >= 11 is 0. The van der Waals surface area contributed by atoms with Gasteiger partial charge in [0.05, 0.1) is 22.3 Å². The summed E-state index contributed by atoms with van der Waals surface area (Å²) in [5.41, 5.74) is 7.30. The number of aryl methyl sites for hydroxylation is 2. The molecule has 52 heavy (non-hydrogen) atoms. The Morgan fingerprint density at radius 3 is 1.35 bits per heavy atom. The van der Waals surface area contributed by atoms with Crippen molar-refractivity contribution in [1.29, 1.82) is 0 Å². The van der Waals surface area contributed by atoms with Crippen LogP contribution < -0.4 is 0 Å². The maximum Gasteiger partial charge on any atom is 0.335 e. The first-order chi connectivity index (χ1) is 24.5. The van der Waals surface area contributed by atoms with E-state index >= 15 is 0 Å². The molecule has 1 fully saturated rings. The van der Waals surface area contributed by atoms with E-state index in [-0.39, 0.29) is 22.3 Å². The van der Waals surface area contributed by atoms with Gasteiger partial charge in [0.2, 0.25) is 0 Å². The largest absolute Gasteiger partial charge is 0.478 e. The van der Waals surface area contributed by atoms with Crippen LogP contribution in [0.4, 0.5) is 0 Å². The van der Waals surface area contributed by atoms with E-state index in [4.69, 9.17) is 20.4 Å². The molecule has 276 valence electrons. The van der Waals surface area contributed by atoms with E-state index in [1.54, 1.807) is 5.57 Å². The molecule has 2 aliphatic rings. The summed E-state index contributed by atoms with van der Waals surface area (Å²) in [6.45, 7) is 15.4. The molecular weight excluding hydrogens is 656 g/mol. The Morgan fingerprint density at radius 2 is 0.981 bits per heavy atom. The normalized spacial score (nSPS) is 14.9. The first-order valence-electron chi connectivity index (χ1n) is 17.4. The van der Waals surface area contributed by atoms with Crippen LogP contribution in [0.3, 0.4) is 0 Å². The number of aromatic carboxylic acids is 4. The van der Waals surface area contributed by atoms with Crippen LogP contribution in [0.1, 0.15) is 129 Å². The molecule has 4 aromatic rings. The molecule has 0 saturated heterocycles. The molecule has 0 aliphatic heterocycles. The van der Waals surface area contributed by atoms with Gasteiger partial charge in [-0.2, -0.15) is 0 Å². The Kier molecular flexibility index (Phi) is 17.2. The minimum Gasteiger partial charge on any atom is -0.478 e. The van der Waals surface area contributed by atoms with Gasteiger partial charge in [0.25, 0.3) is 0 Å². The monoisotopic (exact) mass is 708 g/mol. The molecule has 0 aromatic heterocycles. The number of carboxylic acid groups (broad SMARTS) is 4. The Bertz CT molecular complexity index is 1740. The third-order valence-electron chi connectivity index (χ3n) is 8.61. The highest BCUT2D eigenvalue weighted by molar-refractivity contribution is 5.93. The van der Waals surface area contributed by atoms with E-state index in [9.17, 15) is 19.2 Å². The van der Waals surface area contributed by atoms with Crippen LogP contribution in [-0.4, -0.2) is 44.3 Å². The highest BCUT2D eigenvalue weighted by atomic mass is 16.4. The standard InChI is InChI=1S/2C10H14.2C8H6O4.C8H12/c1-8(2)10-6-4-9(3)5-7-10;1-8(2)10-6-4-5-9(3)7-10;9-7(10)5-1-2-6(4-3-5)8(11)12;9-7(10)5-2-1-3-6(4-5)8(11)12;1-6-2-3-7-5-8(7)4-6/h2*4-8H,1-3H3;2*1-4H,(H,9,10)(H,11,12);2,7-8H,3-5H2,1H3. The van der Waals surface area contributed by atoms with Crippen LogP contribution in [0.5, 0.6) is 0 Å². The average molecular weight is 709 g/mol. The zero-order chi connectivity index (χ0) is 39.0. The minimum absolute atomic E-state index is 0.0186. The molecule has 2 aliphatic carbocycles. The lowest BCUT2D eigenvalue weighted by Gasteiger charge is -2.04. The molecule has 0 radical (unpaired) electrons. The molecule has 0 bridgehead atoms. The van der Waals surface area contributed by atoms with E-state index in [2.05, 4.69) is 103 Å². The van der Waals surface area contributed by atoms with Crippen molar-refractivity contribution in [1.82, 2.24) is 0 Å². The summed E-state index contributed by atoms with van der Waals surface area (Å²) in [6.07, 6.45) is 6.73. The molecule has 0 amide bonds. The van der Waals surface area contributed by atoms with Crippen LogP contribution in [0, 0.1) is 25.7 Å². The molecule has 8 nitrogen and oxygen atoms in total. The predicted molar refractivity (Wildman–Crippen MR) is 206 cm³/mol. The molecule has 1 saturated carbocycles. The van der Waals surface area contributed by atoms with Crippen molar-refractivity contribution in [3.63, 3.8) is 0 Å². The summed E-state index contributed by atoms with van der Waals surface area (Å²) in [5, 5.41) is 33.9. The number of rotatable bonds is 6. The number of allylic oxidation sites excluding steroid dienone is 2. The summed E-state index contributed by atoms with van der Waals surface area (Å²) in [4.78, 5) is 41.4. The minimum atomic E-state index is -1.13. The molecule has 2 unspecified atom stereocenters. The Labute approximate surface area is 307 Å². The fourth-order valence-corrected chi connectivity index (χ4v) is 5.22. The first-order valence-corrected chi connectivity index (χ1v) is 17.4. The van der Waals surface area contributed by atoms with Crippen molar-refractivity contribution >= 4 is 23.9 Å². The van der Waals surface area contributed by atoms with Crippen molar-refractivity contribution in [3.05, 3.63) is 153 Å². The maximum atomic E-state index is 10.4. The molecule has 0 heterocycles. The molecule has 4 N–H and O–H groups in total. The zero-order valence-electron chi connectivity index (χ0n) is 31.2. The Balaban J connectivity index is 0.000000226. The molecule has 4 aromatic carbocycles. The van der Waals surface area contributed by atoms with Gasteiger partial charge in [-0.05, 0) is 117 Å². The van der Waals surface area contributed by atoms with Gasteiger partial charge in [-0.25, -0.2) is 19.2 Å².